The first-order valence-corrected chi connectivity index (χ1v) is 11.9. The van der Waals surface area contributed by atoms with E-state index < -0.39 is 30.9 Å². The van der Waals surface area contributed by atoms with Gasteiger partial charge >= 0.3 is 11.9 Å². The molecular weight excluding hydrogens is 490 g/mol. The van der Waals surface area contributed by atoms with Crippen LogP contribution in [-0.2, 0) is 36.7 Å². The van der Waals surface area contributed by atoms with Crippen molar-refractivity contribution in [2.45, 2.75) is 12.8 Å². The summed E-state index contributed by atoms with van der Waals surface area (Å²) in [5.41, 5.74) is 3.57. The zero-order chi connectivity index (χ0) is 26.9. The number of ketones is 1. The minimum absolute atomic E-state index is 0.0620. The largest absolute Gasteiger partial charge is 0.457 e. The van der Waals surface area contributed by atoms with Gasteiger partial charge in [-0.05, 0) is 34.4 Å². The smallest absolute Gasteiger partial charge is 0.310 e. The molecule has 0 unspecified atom stereocenters. The summed E-state index contributed by atoms with van der Waals surface area (Å²) in [6.07, 6.45) is -0.124. The number of ether oxygens (including phenoxy) is 2. The van der Waals surface area contributed by atoms with Gasteiger partial charge in [-0.15, -0.1) is 0 Å². The van der Waals surface area contributed by atoms with E-state index in [1.54, 1.807) is 84.9 Å². The lowest BCUT2D eigenvalue weighted by molar-refractivity contribution is -0.152. The van der Waals surface area contributed by atoms with E-state index in [2.05, 4.69) is 0 Å². The molecule has 0 fully saturated rings. The minimum atomic E-state index is -0.613. The Morgan fingerprint density at radius 3 is 1.26 bits per heavy atom. The third-order valence-corrected chi connectivity index (χ3v) is 5.76. The number of Topliss-reactive ketones (excluding diaryl/α,β-unsaturated/α-hetero) is 1. The topological polar surface area (TPSA) is 69.7 Å². The van der Waals surface area contributed by atoms with E-state index in [-0.39, 0.29) is 24.5 Å². The SMILES string of the molecule is O=C(COC(=O)Cc1ccc(-c2ccccc2F)cc1)COC(=O)Cc1ccc(-c2ccccc2F)cc1. The van der Waals surface area contributed by atoms with Gasteiger partial charge in [-0.1, -0.05) is 84.9 Å². The maximum atomic E-state index is 13.9. The Labute approximate surface area is 218 Å². The first-order valence-electron chi connectivity index (χ1n) is 11.9. The number of rotatable bonds is 10. The highest BCUT2D eigenvalue weighted by atomic mass is 19.1. The van der Waals surface area contributed by atoms with Gasteiger partial charge in [0, 0.05) is 11.1 Å². The molecule has 5 nitrogen and oxygen atoms in total. The van der Waals surface area contributed by atoms with Crippen LogP contribution >= 0.6 is 0 Å². The van der Waals surface area contributed by atoms with Crippen molar-refractivity contribution in [3.8, 4) is 22.3 Å². The average Bonchev–Trinajstić information content (AvgIpc) is 2.92. The Morgan fingerprint density at radius 2 is 0.895 bits per heavy atom. The van der Waals surface area contributed by atoms with Crippen LogP contribution in [0.15, 0.2) is 97.1 Å². The molecule has 0 amide bonds. The third-order valence-electron chi connectivity index (χ3n) is 5.76. The minimum Gasteiger partial charge on any atom is -0.457 e. The van der Waals surface area contributed by atoms with E-state index >= 15 is 0 Å². The van der Waals surface area contributed by atoms with Crippen molar-refractivity contribution in [3.05, 3.63) is 120 Å². The fraction of sp³-hybridized carbons (Fsp3) is 0.129. The molecule has 192 valence electrons. The summed E-state index contributed by atoms with van der Waals surface area (Å²) in [5, 5.41) is 0. The second-order valence-corrected chi connectivity index (χ2v) is 8.57. The Hall–Kier alpha value is -4.65. The van der Waals surface area contributed by atoms with E-state index in [1.165, 1.54) is 12.1 Å². The molecule has 0 saturated carbocycles. The predicted octanol–water partition coefficient (Wildman–Crippen LogP) is 5.74. The lowest BCUT2D eigenvalue weighted by atomic mass is 10.0. The predicted molar refractivity (Wildman–Crippen MR) is 138 cm³/mol. The maximum Gasteiger partial charge on any atom is 0.310 e. The summed E-state index contributed by atoms with van der Waals surface area (Å²) < 4.78 is 37.8. The van der Waals surface area contributed by atoms with Crippen LogP contribution in [0.3, 0.4) is 0 Å². The van der Waals surface area contributed by atoms with Crippen molar-refractivity contribution in [1.82, 2.24) is 0 Å². The quantitative estimate of drug-likeness (QED) is 0.253. The van der Waals surface area contributed by atoms with Crippen LogP contribution in [-0.4, -0.2) is 30.9 Å². The fourth-order valence-corrected chi connectivity index (χ4v) is 3.79. The van der Waals surface area contributed by atoms with E-state index in [0.29, 0.717) is 33.4 Å². The number of esters is 2. The van der Waals surface area contributed by atoms with E-state index in [4.69, 9.17) is 9.47 Å². The molecule has 0 aliphatic carbocycles. The van der Waals surface area contributed by atoms with Crippen LogP contribution in [0, 0.1) is 11.6 Å². The van der Waals surface area contributed by atoms with Gasteiger partial charge in [-0.3, -0.25) is 14.4 Å². The van der Waals surface area contributed by atoms with Gasteiger partial charge in [-0.2, -0.15) is 0 Å². The van der Waals surface area contributed by atoms with Gasteiger partial charge in [0.15, 0.2) is 13.2 Å². The second kappa shape index (κ2) is 12.5. The van der Waals surface area contributed by atoms with Crippen LogP contribution in [0.5, 0.6) is 0 Å². The van der Waals surface area contributed by atoms with E-state index in [1.807, 2.05) is 0 Å². The van der Waals surface area contributed by atoms with Crippen LogP contribution < -0.4 is 0 Å². The fourth-order valence-electron chi connectivity index (χ4n) is 3.79. The third kappa shape index (κ3) is 7.20. The zero-order valence-corrected chi connectivity index (χ0v) is 20.4. The van der Waals surface area contributed by atoms with Gasteiger partial charge in [0.1, 0.15) is 11.6 Å². The summed E-state index contributed by atoms with van der Waals surface area (Å²) >= 11 is 0. The highest BCUT2D eigenvalue weighted by Crippen LogP contribution is 2.24. The lowest BCUT2D eigenvalue weighted by Crippen LogP contribution is -2.21. The summed E-state index contributed by atoms with van der Waals surface area (Å²) in [7, 11) is 0. The van der Waals surface area contributed by atoms with Crippen molar-refractivity contribution >= 4 is 17.7 Å². The molecule has 0 heterocycles. The monoisotopic (exact) mass is 514 g/mol. The Morgan fingerprint density at radius 1 is 0.526 bits per heavy atom. The molecule has 7 heteroatoms. The van der Waals surface area contributed by atoms with E-state index in [9.17, 15) is 23.2 Å². The van der Waals surface area contributed by atoms with Gasteiger partial charge < -0.3 is 9.47 Å². The number of carbonyl (C=O) groups excluding carboxylic acids is 3. The standard InChI is InChI=1S/C31H24F2O5/c32-28-7-3-1-5-26(28)23-13-9-21(10-14-23)17-30(35)37-19-25(34)20-38-31(36)18-22-11-15-24(16-12-22)27-6-2-4-8-29(27)33/h1-16H,17-20H2. The van der Waals surface area contributed by atoms with Crippen molar-refractivity contribution in [3.63, 3.8) is 0 Å². The molecule has 0 saturated heterocycles. The number of hydrogen-bond acceptors (Lipinski definition) is 5. The first kappa shape index (κ1) is 26.4. The van der Waals surface area contributed by atoms with Crippen LogP contribution in [0.4, 0.5) is 8.78 Å². The molecule has 38 heavy (non-hydrogen) atoms. The molecule has 4 rings (SSSR count). The second-order valence-electron chi connectivity index (χ2n) is 8.57. The van der Waals surface area contributed by atoms with Crippen LogP contribution in [0.2, 0.25) is 0 Å². The number of carbonyl (C=O) groups is 3. The van der Waals surface area contributed by atoms with Crippen LogP contribution in [0.1, 0.15) is 11.1 Å². The number of benzene rings is 4. The Balaban J connectivity index is 1.18. The van der Waals surface area contributed by atoms with Gasteiger partial charge in [0.2, 0.25) is 5.78 Å². The molecule has 0 atom stereocenters. The van der Waals surface area contributed by atoms with Crippen molar-refractivity contribution < 1.29 is 32.6 Å². The first-order chi connectivity index (χ1) is 18.4. The van der Waals surface area contributed by atoms with Gasteiger partial charge in [0.25, 0.3) is 0 Å². The number of hydrogen-bond donors (Lipinski definition) is 0. The molecule has 0 spiro atoms. The maximum absolute atomic E-state index is 13.9. The van der Waals surface area contributed by atoms with Crippen LogP contribution in [0.25, 0.3) is 22.3 Å². The zero-order valence-electron chi connectivity index (χ0n) is 20.4. The van der Waals surface area contributed by atoms with Crippen molar-refractivity contribution in [2.75, 3.05) is 13.2 Å². The summed E-state index contributed by atoms with van der Waals surface area (Å²) in [6.45, 7) is -1.03. The molecule has 0 aliphatic heterocycles. The molecule has 0 bridgehead atoms. The summed E-state index contributed by atoms with van der Waals surface area (Å²) in [4.78, 5) is 36.2. The average molecular weight is 515 g/mol. The Kier molecular flexibility index (Phi) is 8.72. The van der Waals surface area contributed by atoms with Gasteiger partial charge in [0.05, 0.1) is 12.8 Å². The normalized spacial score (nSPS) is 10.6. The molecule has 0 radical (unpaired) electrons. The number of halogens is 2. The van der Waals surface area contributed by atoms with Crippen molar-refractivity contribution in [2.24, 2.45) is 0 Å². The summed E-state index contributed by atoms with van der Waals surface area (Å²) in [5.74, 6) is -2.46. The van der Waals surface area contributed by atoms with Gasteiger partial charge in [-0.25, -0.2) is 8.78 Å². The molecule has 4 aromatic rings. The molecule has 0 aliphatic rings. The molecule has 0 N–H and O–H groups in total. The van der Waals surface area contributed by atoms with Crippen molar-refractivity contribution in [1.29, 1.82) is 0 Å². The highest BCUT2D eigenvalue weighted by Gasteiger charge is 2.13. The lowest BCUT2D eigenvalue weighted by Gasteiger charge is -2.08. The summed E-state index contributed by atoms with van der Waals surface area (Å²) in [6, 6.07) is 26.4. The highest BCUT2D eigenvalue weighted by molar-refractivity contribution is 5.86. The van der Waals surface area contributed by atoms with E-state index in [0.717, 1.165) is 0 Å². The molecular formula is C31H24F2O5. The molecule has 4 aromatic carbocycles. The molecule has 0 aromatic heterocycles. The Bertz CT molecular complexity index is 1320.